The number of carbonyl (C=O) groups excluding carboxylic acids is 1. The molecule has 2 atom stereocenters. The van der Waals surface area contributed by atoms with E-state index in [0.29, 0.717) is 11.3 Å². The molecule has 1 fully saturated rings. The molecule has 1 aromatic carbocycles. The first-order chi connectivity index (χ1) is 9.97. The summed E-state index contributed by atoms with van der Waals surface area (Å²) in [6.45, 7) is 3.46. The number of nitrogens with two attached hydrogens (primary N) is 1. The molecular formula is C16H23FN2O2. The van der Waals surface area contributed by atoms with Crippen LogP contribution in [0.2, 0.25) is 0 Å². The zero-order chi connectivity index (χ0) is 15.4. The summed E-state index contributed by atoms with van der Waals surface area (Å²) in [4.78, 5) is 12.1. The zero-order valence-corrected chi connectivity index (χ0v) is 12.6. The SMILES string of the molecule is CC(Oc1cc(F)ccc1C(C)N)C(=O)NC1CCCC1. The molecule has 4 nitrogen and oxygen atoms in total. The van der Waals surface area contributed by atoms with Crippen LogP contribution in [0.1, 0.15) is 51.1 Å². The predicted octanol–water partition coefficient (Wildman–Crippen LogP) is 2.67. The van der Waals surface area contributed by atoms with Gasteiger partial charge >= 0.3 is 0 Å². The van der Waals surface area contributed by atoms with Crippen molar-refractivity contribution in [3.63, 3.8) is 0 Å². The second kappa shape index (κ2) is 6.89. The molecule has 5 heteroatoms. The van der Waals surface area contributed by atoms with E-state index in [1.165, 1.54) is 12.1 Å². The van der Waals surface area contributed by atoms with Gasteiger partial charge in [-0.2, -0.15) is 0 Å². The Morgan fingerprint density at radius 1 is 1.38 bits per heavy atom. The first-order valence-corrected chi connectivity index (χ1v) is 7.49. The summed E-state index contributed by atoms with van der Waals surface area (Å²) in [5.74, 6) is -0.237. The van der Waals surface area contributed by atoms with Gasteiger partial charge < -0.3 is 15.8 Å². The van der Waals surface area contributed by atoms with Crippen molar-refractivity contribution in [1.82, 2.24) is 5.32 Å². The van der Waals surface area contributed by atoms with Crippen LogP contribution in [0, 0.1) is 5.82 Å². The molecule has 1 aliphatic carbocycles. The first kappa shape index (κ1) is 15.8. The number of carbonyl (C=O) groups is 1. The van der Waals surface area contributed by atoms with Gasteiger partial charge in [0.25, 0.3) is 5.91 Å². The molecule has 1 saturated carbocycles. The van der Waals surface area contributed by atoms with Gasteiger partial charge in [0.2, 0.25) is 0 Å². The van der Waals surface area contributed by atoms with Gasteiger partial charge in [0.05, 0.1) is 0 Å². The largest absolute Gasteiger partial charge is 0.480 e. The molecule has 3 N–H and O–H groups in total. The topological polar surface area (TPSA) is 64.3 Å². The van der Waals surface area contributed by atoms with E-state index >= 15 is 0 Å². The van der Waals surface area contributed by atoms with E-state index in [0.717, 1.165) is 25.7 Å². The second-order valence-corrected chi connectivity index (χ2v) is 5.72. The lowest BCUT2D eigenvalue weighted by atomic mass is 10.1. The highest BCUT2D eigenvalue weighted by Crippen LogP contribution is 2.26. The van der Waals surface area contributed by atoms with Gasteiger partial charge in [0, 0.05) is 23.7 Å². The molecule has 2 unspecified atom stereocenters. The molecule has 116 valence electrons. The highest BCUT2D eigenvalue weighted by molar-refractivity contribution is 5.81. The highest BCUT2D eigenvalue weighted by atomic mass is 19.1. The summed E-state index contributed by atoms with van der Waals surface area (Å²) in [6, 6.07) is 4.17. The average Bonchev–Trinajstić information content (AvgIpc) is 2.91. The van der Waals surface area contributed by atoms with E-state index in [1.54, 1.807) is 19.9 Å². The van der Waals surface area contributed by atoms with Crippen LogP contribution in [0.4, 0.5) is 4.39 Å². The normalized spacial score (nSPS) is 18.3. The maximum absolute atomic E-state index is 13.4. The smallest absolute Gasteiger partial charge is 0.260 e. The van der Waals surface area contributed by atoms with Crippen LogP contribution in [-0.4, -0.2) is 18.1 Å². The van der Waals surface area contributed by atoms with Crippen LogP contribution in [-0.2, 0) is 4.79 Å². The fourth-order valence-corrected chi connectivity index (χ4v) is 2.62. The Bertz CT molecular complexity index is 499. The summed E-state index contributed by atoms with van der Waals surface area (Å²) >= 11 is 0. The Labute approximate surface area is 124 Å². The third-order valence-electron chi connectivity index (χ3n) is 3.84. The van der Waals surface area contributed by atoms with E-state index < -0.39 is 11.9 Å². The number of ether oxygens (including phenoxy) is 1. The molecule has 2 rings (SSSR count). The summed E-state index contributed by atoms with van der Waals surface area (Å²) in [7, 11) is 0. The van der Waals surface area contributed by atoms with Crippen molar-refractivity contribution in [2.45, 2.75) is 57.7 Å². The van der Waals surface area contributed by atoms with Crippen molar-refractivity contribution < 1.29 is 13.9 Å². The van der Waals surface area contributed by atoms with Crippen molar-refractivity contribution >= 4 is 5.91 Å². The lowest BCUT2D eigenvalue weighted by molar-refractivity contribution is -0.128. The lowest BCUT2D eigenvalue weighted by Gasteiger charge is -2.20. The van der Waals surface area contributed by atoms with E-state index in [1.807, 2.05) is 0 Å². The molecule has 0 aliphatic heterocycles. The summed E-state index contributed by atoms with van der Waals surface area (Å²) < 4.78 is 19.0. The summed E-state index contributed by atoms with van der Waals surface area (Å²) in [5.41, 5.74) is 6.54. The molecule has 0 bridgehead atoms. The minimum atomic E-state index is -0.676. The minimum absolute atomic E-state index is 0.165. The fourth-order valence-electron chi connectivity index (χ4n) is 2.62. The molecule has 21 heavy (non-hydrogen) atoms. The highest BCUT2D eigenvalue weighted by Gasteiger charge is 2.22. The molecule has 0 saturated heterocycles. The lowest BCUT2D eigenvalue weighted by Crippen LogP contribution is -2.41. The molecule has 0 aromatic heterocycles. The standard InChI is InChI=1S/C16H23FN2O2/c1-10(18)14-8-7-12(17)9-15(14)21-11(2)16(20)19-13-5-3-4-6-13/h7-11,13H,3-6,18H2,1-2H3,(H,19,20). The van der Waals surface area contributed by atoms with Crippen LogP contribution < -0.4 is 15.8 Å². The minimum Gasteiger partial charge on any atom is -0.480 e. The van der Waals surface area contributed by atoms with Crippen molar-refractivity contribution in [2.24, 2.45) is 5.73 Å². The van der Waals surface area contributed by atoms with Crippen LogP contribution in [0.3, 0.4) is 0 Å². The number of hydrogen-bond acceptors (Lipinski definition) is 3. The van der Waals surface area contributed by atoms with E-state index in [9.17, 15) is 9.18 Å². The molecule has 1 aliphatic rings. The van der Waals surface area contributed by atoms with Crippen LogP contribution in [0.25, 0.3) is 0 Å². The van der Waals surface area contributed by atoms with Gasteiger partial charge in [-0.05, 0) is 32.8 Å². The maximum Gasteiger partial charge on any atom is 0.260 e. The summed E-state index contributed by atoms with van der Waals surface area (Å²) in [6.07, 6.45) is 3.66. The van der Waals surface area contributed by atoms with Gasteiger partial charge in [-0.1, -0.05) is 18.9 Å². The Hall–Kier alpha value is -1.62. The van der Waals surface area contributed by atoms with Crippen LogP contribution in [0.5, 0.6) is 5.75 Å². The number of halogens is 1. The van der Waals surface area contributed by atoms with E-state index in [4.69, 9.17) is 10.5 Å². The number of amides is 1. The molecule has 0 spiro atoms. The molecular weight excluding hydrogens is 271 g/mol. The van der Waals surface area contributed by atoms with Crippen LogP contribution >= 0.6 is 0 Å². The third kappa shape index (κ3) is 4.17. The van der Waals surface area contributed by atoms with Gasteiger partial charge in [0.1, 0.15) is 11.6 Å². The Kier molecular flexibility index (Phi) is 5.17. The Balaban J connectivity index is 2.02. The number of hydrogen-bond donors (Lipinski definition) is 2. The van der Waals surface area contributed by atoms with Gasteiger partial charge in [0.15, 0.2) is 6.10 Å². The van der Waals surface area contributed by atoms with Crippen molar-refractivity contribution in [3.8, 4) is 5.75 Å². The van der Waals surface area contributed by atoms with Crippen molar-refractivity contribution in [2.75, 3.05) is 0 Å². The number of rotatable bonds is 5. The van der Waals surface area contributed by atoms with Gasteiger partial charge in [-0.3, -0.25) is 4.79 Å². The Morgan fingerprint density at radius 3 is 2.67 bits per heavy atom. The van der Waals surface area contributed by atoms with E-state index in [2.05, 4.69) is 5.32 Å². The van der Waals surface area contributed by atoms with Gasteiger partial charge in [-0.15, -0.1) is 0 Å². The predicted molar refractivity (Wildman–Crippen MR) is 79.5 cm³/mol. The molecule has 1 aromatic rings. The summed E-state index contributed by atoms with van der Waals surface area (Å²) in [5, 5.41) is 2.97. The van der Waals surface area contributed by atoms with Gasteiger partial charge in [-0.25, -0.2) is 4.39 Å². The molecule has 1 amide bonds. The van der Waals surface area contributed by atoms with Crippen LogP contribution in [0.15, 0.2) is 18.2 Å². The zero-order valence-electron chi connectivity index (χ0n) is 12.6. The quantitative estimate of drug-likeness (QED) is 0.877. The Morgan fingerprint density at radius 2 is 2.05 bits per heavy atom. The van der Waals surface area contributed by atoms with E-state index in [-0.39, 0.29) is 18.0 Å². The third-order valence-corrected chi connectivity index (χ3v) is 3.84. The van der Waals surface area contributed by atoms with Crippen molar-refractivity contribution in [3.05, 3.63) is 29.6 Å². The number of nitrogens with one attached hydrogen (secondary N) is 1. The van der Waals surface area contributed by atoms with Crippen molar-refractivity contribution in [1.29, 1.82) is 0 Å². The number of benzene rings is 1. The molecule has 0 heterocycles. The second-order valence-electron chi connectivity index (χ2n) is 5.72. The average molecular weight is 294 g/mol. The molecule has 0 radical (unpaired) electrons. The first-order valence-electron chi connectivity index (χ1n) is 7.49. The monoisotopic (exact) mass is 294 g/mol. The fraction of sp³-hybridized carbons (Fsp3) is 0.562. The maximum atomic E-state index is 13.4.